The molecule has 1 N–H and O–H groups in total. The second-order valence-electron chi connectivity index (χ2n) is 7.79. The summed E-state index contributed by atoms with van der Waals surface area (Å²) in [6.07, 6.45) is 0.731. The predicted octanol–water partition coefficient (Wildman–Crippen LogP) is 2.98. The lowest BCUT2D eigenvalue weighted by Crippen LogP contribution is -2.47. The Morgan fingerprint density at radius 1 is 1.00 bits per heavy atom. The molecule has 0 spiro atoms. The van der Waals surface area contributed by atoms with Gasteiger partial charge in [0, 0.05) is 0 Å². The van der Waals surface area contributed by atoms with Crippen LogP contribution in [0, 0.1) is 5.92 Å². The van der Waals surface area contributed by atoms with Crippen molar-refractivity contribution in [2.75, 3.05) is 6.61 Å². The van der Waals surface area contributed by atoms with Gasteiger partial charge < -0.3 is 19.5 Å². The summed E-state index contributed by atoms with van der Waals surface area (Å²) in [5, 5.41) is 2.47. The highest BCUT2D eigenvalue weighted by Gasteiger charge is 2.31. The van der Waals surface area contributed by atoms with E-state index in [0.29, 0.717) is 0 Å². The Balaban J connectivity index is 5.06. The van der Waals surface area contributed by atoms with Gasteiger partial charge in [0.2, 0.25) is 0 Å². The average molecular weight is 357 g/mol. The molecule has 0 aliphatic carbocycles. The van der Waals surface area contributed by atoms with Crippen molar-refractivity contribution in [3.63, 3.8) is 0 Å². The maximum atomic E-state index is 12.4. The third-order valence-electron chi connectivity index (χ3n) is 2.72. The Morgan fingerprint density at radius 2 is 1.52 bits per heavy atom. The summed E-state index contributed by atoms with van der Waals surface area (Å²) >= 11 is 0. The first-order chi connectivity index (χ1) is 11.2. The summed E-state index contributed by atoms with van der Waals surface area (Å²) in [7, 11) is 0. The van der Waals surface area contributed by atoms with E-state index in [-0.39, 0.29) is 13.0 Å². The smallest absolute Gasteiger partial charge is 0.408 e. The Labute approximate surface area is 150 Å². The minimum Gasteiger partial charge on any atom is -0.461 e. The molecule has 144 valence electrons. The zero-order chi connectivity index (χ0) is 19.8. The number of hydrogen-bond acceptors (Lipinski definition) is 6. The quantitative estimate of drug-likeness (QED) is 0.428. The first-order valence-corrected chi connectivity index (χ1v) is 8.25. The molecule has 0 aromatic carbocycles. The fourth-order valence-corrected chi connectivity index (χ4v) is 1.77. The zero-order valence-electron chi connectivity index (χ0n) is 16.3. The number of carbonyl (C=O) groups is 3. The molecule has 0 aromatic rings. The van der Waals surface area contributed by atoms with E-state index in [1.54, 1.807) is 48.5 Å². The van der Waals surface area contributed by atoms with Crippen LogP contribution in [0.5, 0.6) is 0 Å². The average Bonchev–Trinajstić information content (AvgIpc) is 2.39. The van der Waals surface area contributed by atoms with Crippen LogP contribution in [0.25, 0.3) is 0 Å². The molecular weight excluding hydrogens is 326 g/mol. The third-order valence-corrected chi connectivity index (χ3v) is 2.72. The van der Waals surface area contributed by atoms with Crippen LogP contribution in [0.1, 0.15) is 54.9 Å². The van der Waals surface area contributed by atoms with Gasteiger partial charge in [-0.1, -0.05) is 19.6 Å². The summed E-state index contributed by atoms with van der Waals surface area (Å²) in [4.78, 5) is 36.3. The van der Waals surface area contributed by atoms with Gasteiger partial charge in [0.25, 0.3) is 0 Å². The van der Waals surface area contributed by atoms with Gasteiger partial charge in [0.05, 0.1) is 5.92 Å². The lowest BCUT2D eigenvalue weighted by molar-refractivity contribution is -0.158. The maximum Gasteiger partial charge on any atom is 0.408 e. The van der Waals surface area contributed by atoms with Crippen LogP contribution in [0.3, 0.4) is 0 Å². The summed E-state index contributed by atoms with van der Waals surface area (Å²) in [6, 6.07) is -1.03. The zero-order valence-corrected chi connectivity index (χ0v) is 16.3. The first-order valence-electron chi connectivity index (χ1n) is 8.25. The minimum absolute atomic E-state index is 0.0319. The van der Waals surface area contributed by atoms with Gasteiger partial charge in [-0.05, 0) is 48.0 Å². The number of nitrogens with one attached hydrogen (secondary N) is 1. The number of carbonyl (C=O) groups excluding carboxylic acids is 3. The van der Waals surface area contributed by atoms with Gasteiger partial charge in [-0.2, -0.15) is 0 Å². The van der Waals surface area contributed by atoms with Crippen molar-refractivity contribution in [2.24, 2.45) is 5.92 Å². The van der Waals surface area contributed by atoms with E-state index < -0.39 is 41.2 Å². The van der Waals surface area contributed by atoms with E-state index in [1.807, 2.05) is 0 Å². The van der Waals surface area contributed by atoms with E-state index in [0.717, 1.165) is 0 Å². The standard InChI is InChI=1S/C18H31NO6/c1-9-10-23-14(20)12(2)11-13(15(21)24-17(3,4)5)19-16(22)25-18(6,7)8/h9,12-13H,1,10-11H2,2-8H3,(H,19,22)/t12-,13-/m0/s1. The van der Waals surface area contributed by atoms with Crippen LogP contribution in [0.2, 0.25) is 0 Å². The van der Waals surface area contributed by atoms with Crippen LogP contribution in [-0.2, 0) is 23.8 Å². The molecule has 25 heavy (non-hydrogen) atoms. The van der Waals surface area contributed by atoms with Gasteiger partial charge in [-0.15, -0.1) is 0 Å². The van der Waals surface area contributed by atoms with Crippen molar-refractivity contribution < 1.29 is 28.6 Å². The van der Waals surface area contributed by atoms with E-state index in [9.17, 15) is 14.4 Å². The molecule has 7 nitrogen and oxygen atoms in total. The first kappa shape index (κ1) is 22.9. The molecule has 0 saturated carbocycles. The molecule has 0 bridgehead atoms. The molecule has 2 atom stereocenters. The minimum atomic E-state index is -1.03. The lowest BCUT2D eigenvalue weighted by atomic mass is 10.0. The number of rotatable bonds is 7. The Bertz CT molecular complexity index is 487. The second-order valence-corrected chi connectivity index (χ2v) is 7.79. The van der Waals surface area contributed by atoms with Crippen molar-refractivity contribution in [1.29, 1.82) is 0 Å². The SMILES string of the molecule is C=CCOC(=O)[C@@H](C)C[C@H](NC(=O)OC(C)(C)C)C(=O)OC(C)(C)C. The molecule has 7 heteroatoms. The van der Waals surface area contributed by atoms with E-state index in [4.69, 9.17) is 14.2 Å². The fraction of sp³-hybridized carbons (Fsp3) is 0.722. The highest BCUT2D eigenvalue weighted by Crippen LogP contribution is 2.15. The van der Waals surface area contributed by atoms with Gasteiger partial charge in [0.1, 0.15) is 23.9 Å². The van der Waals surface area contributed by atoms with Gasteiger partial charge in [-0.3, -0.25) is 4.79 Å². The topological polar surface area (TPSA) is 90.9 Å². The van der Waals surface area contributed by atoms with Gasteiger partial charge in [0.15, 0.2) is 0 Å². The van der Waals surface area contributed by atoms with Crippen LogP contribution < -0.4 is 5.32 Å². The molecule has 0 fully saturated rings. The molecule has 0 aromatic heterocycles. The Morgan fingerprint density at radius 3 is 1.96 bits per heavy atom. The van der Waals surface area contributed by atoms with Crippen molar-refractivity contribution in [3.8, 4) is 0 Å². The van der Waals surface area contributed by atoms with Crippen LogP contribution >= 0.6 is 0 Å². The lowest BCUT2D eigenvalue weighted by Gasteiger charge is -2.27. The fourth-order valence-electron chi connectivity index (χ4n) is 1.77. The predicted molar refractivity (Wildman–Crippen MR) is 93.9 cm³/mol. The molecule has 0 rings (SSSR count). The number of esters is 2. The van der Waals surface area contributed by atoms with Crippen molar-refractivity contribution in [3.05, 3.63) is 12.7 Å². The van der Waals surface area contributed by atoms with E-state index in [1.165, 1.54) is 6.08 Å². The van der Waals surface area contributed by atoms with Crippen molar-refractivity contribution in [1.82, 2.24) is 5.32 Å². The van der Waals surface area contributed by atoms with Crippen LogP contribution in [0.15, 0.2) is 12.7 Å². The normalized spacial score (nSPS) is 14.0. The van der Waals surface area contributed by atoms with E-state index >= 15 is 0 Å². The molecular formula is C18H31NO6. The highest BCUT2D eigenvalue weighted by atomic mass is 16.6. The molecule has 0 aliphatic rings. The van der Waals surface area contributed by atoms with Crippen molar-refractivity contribution in [2.45, 2.75) is 72.1 Å². The highest BCUT2D eigenvalue weighted by molar-refractivity contribution is 5.82. The molecule has 1 amide bonds. The monoisotopic (exact) mass is 357 g/mol. The second kappa shape index (κ2) is 9.44. The molecule has 0 saturated heterocycles. The Hall–Kier alpha value is -2.05. The Kier molecular flexibility index (Phi) is 8.66. The van der Waals surface area contributed by atoms with Gasteiger partial charge >= 0.3 is 18.0 Å². The third kappa shape index (κ3) is 11.2. The molecule has 0 radical (unpaired) electrons. The summed E-state index contributed by atoms with van der Waals surface area (Å²) < 4.78 is 15.5. The molecule has 0 heterocycles. The summed E-state index contributed by atoms with van der Waals surface area (Å²) in [5.74, 6) is -1.74. The summed E-state index contributed by atoms with van der Waals surface area (Å²) in [5.41, 5.74) is -1.44. The molecule has 0 unspecified atom stereocenters. The van der Waals surface area contributed by atoms with Gasteiger partial charge in [-0.25, -0.2) is 9.59 Å². The molecule has 0 aliphatic heterocycles. The number of ether oxygens (including phenoxy) is 3. The van der Waals surface area contributed by atoms with E-state index in [2.05, 4.69) is 11.9 Å². The van der Waals surface area contributed by atoms with Crippen LogP contribution in [0.4, 0.5) is 4.79 Å². The van der Waals surface area contributed by atoms with Crippen molar-refractivity contribution >= 4 is 18.0 Å². The number of alkyl carbamates (subject to hydrolysis) is 1. The number of hydrogen-bond donors (Lipinski definition) is 1. The maximum absolute atomic E-state index is 12.4. The van der Waals surface area contributed by atoms with Crippen LogP contribution in [-0.4, -0.2) is 41.9 Å². The number of amides is 1. The summed E-state index contributed by atoms with van der Waals surface area (Å²) in [6.45, 7) is 15.5. The largest absolute Gasteiger partial charge is 0.461 e.